The first-order chi connectivity index (χ1) is 12.0. The highest BCUT2D eigenvalue weighted by Crippen LogP contribution is 2.34. The Kier molecular flexibility index (Phi) is 4.33. The highest BCUT2D eigenvalue weighted by Gasteiger charge is 2.33. The molecule has 2 aromatic heterocycles. The van der Waals surface area contributed by atoms with Crippen LogP contribution in [0.1, 0.15) is 23.4 Å². The Hall–Kier alpha value is -1.80. The van der Waals surface area contributed by atoms with Crippen LogP contribution in [0.5, 0.6) is 0 Å². The lowest BCUT2D eigenvalue weighted by Crippen LogP contribution is -2.41. The van der Waals surface area contributed by atoms with Crippen LogP contribution in [0.25, 0.3) is 10.7 Å². The molecule has 6 nitrogen and oxygen atoms in total. The van der Waals surface area contributed by atoms with Gasteiger partial charge in [0.1, 0.15) is 5.01 Å². The fraction of sp³-hybridized carbons (Fsp3) is 0.471. The molecule has 2 aliphatic rings. The number of aromatic nitrogens is 2. The molecule has 2 aromatic rings. The lowest BCUT2D eigenvalue weighted by atomic mass is 9.90. The van der Waals surface area contributed by atoms with Gasteiger partial charge in [-0.2, -0.15) is 0 Å². The lowest BCUT2D eigenvalue weighted by molar-refractivity contribution is -0.125. The second kappa shape index (κ2) is 6.49. The topological polar surface area (TPSA) is 89.0 Å². The number of aryl methyl sites for hydroxylation is 1. The van der Waals surface area contributed by atoms with Crippen LogP contribution < -0.4 is 5.32 Å². The van der Waals surface area contributed by atoms with Crippen molar-refractivity contribution in [1.82, 2.24) is 15.3 Å². The summed E-state index contributed by atoms with van der Waals surface area (Å²) in [6, 6.07) is 5.52. The zero-order chi connectivity index (χ0) is 17.4. The molecule has 8 heteroatoms. The summed E-state index contributed by atoms with van der Waals surface area (Å²) in [7, 11) is -2.98. The second-order valence-electron chi connectivity index (χ2n) is 6.65. The number of rotatable bonds is 3. The molecule has 3 heterocycles. The van der Waals surface area contributed by atoms with Crippen LogP contribution in [0.3, 0.4) is 0 Å². The number of fused-ring (bicyclic) bond motifs is 1. The van der Waals surface area contributed by atoms with Crippen molar-refractivity contribution in [1.29, 1.82) is 0 Å². The molecule has 4 rings (SSSR count). The predicted molar refractivity (Wildman–Crippen MR) is 96.1 cm³/mol. The molecular weight excluding hydrogens is 358 g/mol. The summed E-state index contributed by atoms with van der Waals surface area (Å²) in [6.45, 7) is 0. The fourth-order valence-electron chi connectivity index (χ4n) is 3.43. The first-order valence-corrected chi connectivity index (χ1v) is 11.0. The number of nitrogens with zero attached hydrogens (tertiary/aromatic N) is 2. The maximum Gasteiger partial charge on any atom is 0.223 e. The first-order valence-electron chi connectivity index (χ1n) is 8.41. The third-order valence-corrected chi connectivity index (χ3v) is 7.68. The van der Waals surface area contributed by atoms with Gasteiger partial charge >= 0.3 is 0 Å². The Labute approximate surface area is 150 Å². The molecule has 0 spiro atoms. The van der Waals surface area contributed by atoms with Gasteiger partial charge in [0.25, 0.3) is 0 Å². The molecular formula is C17H19N3O3S2. The van der Waals surface area contributed by atoms with Crippen molar-refractivity contribution in [3.8, 4) is 10.7 Å². The molecule has 0 radical (unpaired) electrons. The quantitative estimate of drug-likeness (QED) is 0.878. The molecule has 0 bridgehead atoms. The molecule has 2 unspecified atom stereocenters. The van der Waals surface area contributed by atoms with E-state index in [1.165, 1.54) is 0 Å². The summed E-state index contributed by atoms with van der Waals surface area (Å²) in [5, 5.41) is 3.82. The van der Waals surface area contributed by atoms with Crippen molar-refractivity contribution in [2.45, 2.75) is 31.7 Å². The van der Waals surface area contributed by atoms with E-state index in [1.54, 1.807) is 17.5 Å². The number of hydrogen-bond acceptors (Lipinski definition) is 6. The van der Waals surface area contributed by atoms with Crippen LogP contribution in [0.2, 0.25) is 0 Å². The summed E-state index contributed by atoms with van der Waals surface area (Å²) in [5.41, 5.74) is 1.93. The molecule has 0 aromatic carbocycles. The fourth-order valence-corrected chi connectivity index (χ4v) is 6.26. The summed E-state index contributed by atoms with van der Waals surface area (Å²) >= 11 is 1.60. The summed E-state index contributed by atoms with van der Waals surface area (Å²) in [6.07, 6.45) is 4.48. The summed E-state index contributed by atoms with van der Waals surface area (Å²) in [4.78, 5) is 22.7. The molecule has 0 saturated carbocycles. The van der Waals surface area contributed by atoms with Gasteiger partial charge in [-0.1, -0.05) is 6.07 Å². The molecule has 1 fully saturated rings. The largest absolute Gasteiger partial charge is 0.352 e. The van der Waals surface area contributed by atoms with Crippen molar-refractivity contribution < 1.29 is 13.2 Å². The molecule has 1 aliphatic heterocycles. The van der Waals surface area contributed by atoms with Crippen LogP contribution in [0.4, 0.5) is 0 Å². The third kappa shape index (κ3) is 3.59. The highest BCUT2D eigenvalue weighted by atomic mass is 32.2. The van der Waals surface area contributed by atoms with Gasteiger partial charge in [0, 0.05) is 23.0 Å². The smallest absolute Gasteiger partial charge is 0.223 e. The molecule has 25 heavy (non-hydrogen) atoms. The van der Waals surface area contributed by atoms with E-state index in [0.717, 1.165) is 34.1 Å². The van der Waals surface area contributed by atoms with Gasteiger partial charge < -0.3 is 5.32 Å². The maximum atomic E-state index is 12.5. The second-order valence-corrected chi connectivity index (χ2v) is 9.96. The van der Waals surface area contributed by atoms with Gasteiger partial charge in [0.05, 0.1) is 22.9 Å². The van der Waals surface area contributed by atoms with Crippen LogP contribution in [0, 0.1) is 5.92 Å². The van der Waals surface area contributed by atoms with E-state index in [2.05, 4.69) is 15.3 Å². The predicted octanol–water partition coefficient (Wildman–Crippen LogP) is 1.61. The van der Waals surface area contributed by atoms with Crippen molar-refractivity contribution in [3.63, 3.8) is 0 Å². The van der Waals surface area contributed by atoms with E-state index >= 15 is 0 Å². The molecule has 2 atom stereocenters. The SMILES string of the molecule is O=C(NC1CCS(=O)(=O)C1)C1CCc2nc(-c3ccccn3)sc2C1. The Balaban J connectivity index is 1.44. The minimum absolute atomic E-state index is 0.0273. The van der Waals surface area contributed by atoms with Gasteiger partial charge in [-0.05, 0) is 37.8 Å². The lowest BCUT2D eigenvalue weighted by Gasteiger charge is -2.22. The number of amides is 1. The standard InChI is InChI=1S/C17H19N3O3S2/c21-16(19-12-6-8-25(22,23)10-12)11-4-5-13-15(9-11)24-17(20-13)14-3-1-2-7-18-14/h1-3,7,11-12H,4-6,8-10H2,(H,19,21). The Morgan fingerprint density at radius 3 is 2.88 bits per heavy atom. The van der Waals surface area contributed by atoms with E-state index < -0.39 is 9.84 Å². The summed E-state index contributed by atoms with van der Waals surface area (Å²) in [5.74, 6) is 0.115. The summed E-state index contributed by atoms with van der Waals surface area (Å²) < 4.78 is 23.1. The van der Waals surface area contributed by atoms with E-state index in [0.29, 0.717) is 12.8 Å². The van der Waals surface area contributed by atoms with Gasteiger partial charge in [0.2, 0.25) is 5.91 Å². The van der Waals surface area contributed by atoms with Crippen molar-refractivity contribution in [2.24, 2.45) is 5.92 Å². The van der Waals surface area contributed by atoms with Crippen molar-refractivity contribution >= 4 is 27.1 Å². The number of carbonyl (C=O) groups excluding carboxylic acids is 1. The number of pyridine rings is 1. The number of thiazole rings is 1. The van der Waals surface area contributed by atoms with Crippen LogP contribution in [0.15, 0.2) is 24.4 Å². The zero-order valence-corrected chi connectivity index (χ0v) is 15.3. The Morgan fingerprint density at radius 2 is 2.16 bits per heavy atom. The highest BCUT2D eigenvalue weighted by molar-refractivity contribution is 7.91. The van der Waals surface area contributed by atoms with Crippen molar-refractivity contribution in [2.75, 3.05) is 11.5 Å². The van der Waals surface area contributed by atoms with Gasteiger partial charge in [-0.3, -0.25) is 9.78 Å². The van der Waals surface area contributed by atoms with E-state index in [9.17, 15) is 13.2 Å². The monoisotopic (exact) mass is 377 g/mol. The van der Waals surface area contributed by atoms with E-state index in [1.807, 2.05) is 18.2 Å². The van der Waals surface area contributed by atoms with Crippen LogP contribution in [-0.2, 0) is 27.5 Å². The Morgan fingerprint density at radius 1 is 1.28 bits per heavy atom. The van der Waals surface area contributed by atoms with Gasteiger partial charge in [0.15, 0.2) is 9.84 Å². The molecule has 1 aliphatic carbocycles. The number of hydrogen-bond donors (Lipinski definition) is 1. The van der Waals surface area contributed by atoms with E-state index in [-0.39, 0.29) is 29.4 Å². The average molecular weight is 377 g/mol. The molecule has 1 saturated heterocycles. The average Bonchev–Trinajstić information content (AvgIpc) is 3.17. The van der Waals surface area contributed by atoms with Crippen LogP contribution >= 0.6 is 11.3 Å². The Bertz CT molecular complexity index is 893. The normalized spacial score (nSPS) is 24.6. The van der Waals surface area contributed by atoms with Gasteiger partial charge in [-0.15, -0.1) is 11.3 Å². The molecule has 1 N–H and O–H groups in total. The first kappa shape index (κ1) is 16.7. The minimum atomic E-state index is -2.98. The third-order valence-electron chi connectivity index (χ3n) is 4.77. The van der Waals surface area contributed by atoms with Crippen LogP contribution in [-0.4, -0.2) is 41.8 Å². The molecule has 132 valence electrons. The van der Waals surface area contributed by atoms with Gasteiger partial charge in [-0.25, -0.2) is 13.4 Å². The van der Waals surface area contributed by atoms with Crippen molar-refractivity contribution in [3.05, 3.63) is 35.0 Å². The number of carbonyl (C=O) groups is 1. The molecule has 1 amide bonds. The maximum absolute atomic E-state index is 12.5. The zero-order valence-electron chi connectivity index (χ0n) is 13.6. The number of nitrogens with one attached hydrogen (secondary N) is 1. The minimum Gasteiger partial charge on any atom is -0.352 e. The number of sulfone groups is 1. The van der Waals surface area contributed by atoms with E-state index in [4.69, 9.17) is 0 Å².